The Hall–Kier alpha value is -1.99. The summed E-state index contributed by atoms with van der Waals surface area (Å²) in [4.78, 5) is 9.97. The van der Waals surface area contributed by atoms with Crippen molar-refractivity contribution in [3.63, 3.8) is 0 Å². The van der Waals surface area contributed by atoms with Gasteiger partial charge in [-0.05, 0) is 12.1 Å². The van der Waals surface area contributed by atoms with E-state index in [0.717, 1.165) is 0 Å². The predicted octanol–water partition coefficient (Wildman–Crippen LogP) is 1.53. The third kappa shape index (κ3) is 2.77. The van der Waals surface area contributed by atoms with Crippen LogP contribution in [-0.2, 0) is 6.54 Å². The molecule has 0 saturated heterocycles. The number of hydrogen-bond acceptors (Lipinski definition) is 6. The number of rotatable bonds is 3. The molecule has 0 saturated carbocycles. The van der Waals surface area contributed by atoms with Crippen molar-refractivity contribution < 1.29 is 9.34 Å². The molecular weight excluding hydrogens is 248 g/mol. The highest BCUT2D eigenvalue weighted by atomic mass is 35.5. The summed E-state index contributed by atoms with van der Waals surface area (Å²) in [5, 5.41) is 17.9. The normalized spacial score (nSPS) is 9.71. The van der Waals surface area contributed by atoms with Gasteiger partial charge < -0.3 is 10.2 Å². The van der Waals surface area contributed by atoms with Crippen LogP contribution in [0, 0.1) is 10.1 Å². The van der Waals surface area contributed by atoms with Crippen LogP contribution in [0.2, 0.25) is 0 Å². The predicted molar refractivity (Wildman–Crippen MR) is 61.5 cm³/mol. The molecule has 8 heteroatoms. The number of nitro groups is 1. The van der Waals surface area contributed by atoms with E-state index in [1.165, 1.54) is 12.1 Å². The standard InChI is InChI=1S/C9H8N4O3.ClH/c10-5-8-11-12-9(16-8)6-1-3-7(4-2-6)13(14)15;/h1-4H,5,10H2;1H. The second kappa shape index (κ2) is 5.37. The number of aromatic nitrogens is 2. The lowest BCUT2D eigenvalue weighted by molar-refractivity contribution is -0.384. The van der Waals surface area contributed by atoms with E-state index in [1.807, 2.05) is 0 Å². The zero-order valence-electron chi connectivity index (χ0n) is 8.57. The molecule has 0 aliphatic carbocycles. The number of benzene rings is 1. The molecule has 1 aromatic carbocycles. The Bertz CT molecular complexity index is 511. The molecule has 90 valence electrons. The van der Waals surface area contributed by atoms with Gasteiger partial charge in [0.05, 0.1) is 11.5 Å². The Morgan fingerprint density at radius 3 is 2.41 bits per heavy atom. The molecule has 0 spiro atoms. The molecule has 7 nitrogen and oxygen atoms in total. The SMILES string of the molecule is Cl.NCc1nnc(-c2ccc([N+](=O)[O-])cc2)o1. The zero-order valence-corrected chi connectivity index (χ0v) is 9.38. The maximum atomic E-state index is 10.4. The van der Waals surface area contributed by atoms with Crippen molar-refractivity contribution in [2.45, 2.75) is 6.54 Å². The average Bonchev–Trinajstić information content (AvgIpc) is 2.77. The Morgan fingerprint density at radius 1 is 1.29 bits per heavy atom. The molecule has 1 heterocycles. The van der Waals surface area contributed by atoms with Crippen molar-refractivity contribution in [1.29, 1.82) is 0 Å². The molecule has 0 amide bonds. The van der Waals surface area contributed by atoms with Gasteiger partial charge in [-0.3, -0.25) is 10.1 Å². The molecule has 0 aliphatic heterocycles. The molecule has 1 aromatic heterocycles. The number of nitrogens with two attached hydrogens (primary N) is 1. The number of halogens is 1. The molecule has 2 N–H and O–H groups in total. The first kappa shape index (κ1) is 13.1. The van der Waals surface area contributed by atoms with Gasteiger partial charge in [-0.2, -0.15) is 0 Å². The lowest BCUT2D eigenvalue weighted by Crippen LogP contribution is -1.95. The molecule has 0 unspecified atom stereocenters. The fraction of sp³-hybridized carbons (Fsp3) is 0.111. The Balaban J connectivity index is 0.00000144. The largest absolute Gasteiger partial charge is 0.419 e. The minimum atomic E-state index is -0.469. The molecule has 0 atom stereocenters. The molecule has 17 heavy (non-hydrogen) atoms. The first-order valence-electron chi connectivity index (χ1n) is 4.48. The Labute approximate surface area is 102 Å². The summed E-state index contributed by atoms with van der Waals surface area (Å²) in [6.45, 7) is 0.167. The van der Waals surface area contributed by atoms with Crippen LogP contribution in [0.3, 0.4) is 0 Å². The Kier molecular flexibility index (Phi) is 4.13. The van der Waals surface area contributed by atoms with Gasteiger partial charge in [-0.25, -0.2) is 0 Å². The summed E-state index contributed by atoms with van der Waals surface area (Å²) >= 11 is 0. The highest BCUT2D eigenvalue weighted by molar-refractivity contribution is 5.85. The highest BCUT2D eigenvalue weighted by Gasteiger charge is 2.09. The third-order valence-corrected chi connectivity index (χ3v) is 1.97. The van der Waals surface area contributed by atoms with Gasteiger partial charge in [0.1, 0.15) is 0 Å². The zero-order chi connectivity index (χ0) is 11.5. The minimum absolute atomic E-state index is 0. The maximum Gasteiger partial charge on any atom is 0.269 e. The van der Waals surface area contributed by atoms with Crippen LogP contribution < -0.4 is 5.73 Å². The summed E-state index contributed by atoms with van der Waals surface area (Å²) in [5.41, 5.74) is 5.96. The molecule has 0 radical (unpaired) electrons. The number of nitro benzene ring substituents is 1. The topological polar surface area (TPSA) is 108 Å². The minimum Gasteiger partial charge on any atom is -0.419 e. The molecule has 0 aliphatic rings. The fourth-order valence-electron chi connectivity index (χ4n) is 1.18. The van der Waals surface area contributed by atoms with E-state index < -0.39 is 4.92 Å². The Morgan fingerprint density at radius 2 is 1.94 bits per heavy atom. The van der Waals surface area contributed by atoms with Gasteiger partial charge in [-0.15, -0.1) is 22.6 Å². The summed E-state index contributed by atoms with van der Waals surface area (Å²) in [6, 6.07) is 5.85. The molecule has 2 aromatic rings. The van der Waals surface area contributed by atoms with Crippen LogP contribution in [-0.4, -0.2) is 15.1 Å². The van der Waals surface area contributed by atoms with Crippen molar-refractivity contribution in [1.82, 2.24) is 10.2 Å². The summed E-state index contributed by atoms with van der Waals surface area (Å²) in [7, 11) is 0. The van der Waals surface area contributed by atoms with Gasteiger partial charge in [-0.1, -0.05) is 0 Å². The van der Waals surface area contributed by atoms with Crippen molar-refractivity contribution in [2.24, 2.45) is 5.73 Å². The van der Waals surface area contributed by atoms with Gasteiger partial charge >= 0.3 is 0 Å². The van der Waals surface area contributed by atoms with Crippen molar-refractivity contribution >= 4 is 18.1 Å². The number of non-ortho nitro benzene ring substituents is 1. The van der Waals surface area contributed by atoms with Gasteiger partial charge in [0, 0.05) is 17.7 Å². The maximum absolute atomic E-state index is 10.4. The van der Waals surface area contributed by atoms with Crippen LogP contribution in [0.4, 0.5) is 5.69 Å². The first-order chi connectivity index (χ1) is 7.70. The van der Waals surface area contributed by atoms with Gasteiger partial charge in [0.15, 0.2) is 0 Å². The monoisotopic (exact) mass is 256 g/mol. The van der Waals surface area contributed by atoms with Crippen LogP contribution in [0.1, 0.15) is 5.89 Å². The van der Waals surface area contributed by atoms with E-state index in [4.69, 9.17) is 10.2 Å². The van der Waals surface area contributed by atoms with Crippen LogP contribution in [0.15, 0.2) is 28.7 Å². The highest BCUT2D eigenvalue weighted by Crippen LogP contribution is 2.20. The van der Waals surface area contributed by atoms with Crippen LogP contribution >= 0.6 is 12.4 Å². The van der Waals surface area contributed by atoms with Gasteiger partial charge in [0.2, 0.25) is 11.8 Å². The summed E-state index contributed by atoms with van der Waals surface area (Å²) < 4.78 is 5.20. The second-order valence-electron chi connectivity index (χ2n) is 3.01. The molecule has 0 fully saturated rings. The quantitative estimate of drug-likeness (QED) is 0.659. The van der Waals surface area contributed by atoms with E-state index in [9.17, 15) is 10.1 Å². The average molecular weight is 257 g/mol. The van der Waals surface area contributed by atoms with E-state index in [1.54, 1.807) is 12.1 Å². The van der Waals surface area contributed by atoms with Crippen molar-refractivity contribution in [2.75, 3.05) is 0 Å². The van der Waals surface area contributed by atoms with E-state index in [0.29, 0.717) is 17.3 Å². The molecular formula is C9H9ClN4O3. The fourth-order valence-corrected chi connectivity index (χ4v) is 1.18. The van der Waals surface area contributed by atoms with Crippen molar-refractivity contribution in [3.05, 3.63) is 40.3 Å². The third-order valence-electron chi connectivity index (χ3n) is 1.97. The van der Waals surface area contributed by atoms with Gasteiger partial charge in [0.25, 0.3) is 5.69 Å². The lowest BCUT2D eigenvalue weighted by Gasteiger charge is -1.94. The lowest BCUT2D eigenvalue weighted by atomic mass is 10.2. The first-order valence-corrected chi connectivity index (χ1v) is 4.48. The van der Waals surface area contributed by atoms with E-state index in [2.05, 4.69) is 10.2 Å². The number of hydrogen-bond donors (Lipinski definition) is 1. The second-order valence-corrected chi connectivity index (χ2v) is 3.01. The van der Waals surface area contributed by atoms with Crippen molar-refractivity contribution in [3.8, 4) is 11.5 Å². The number of nitrogens with zero attached hydrogens (tertiary/aromatic N) is 3. The van der Waals surface area contributed by atoms with Crippen LogP contribution in [0.25, 0.3) is 11.5 Å². The molecule has 2 rings (SSSR count). The smallest absolute Gasteiger partial charge is 0.269 e. The van der Waals surface area contributed by atoms with E-state index >= 15 is 0 Å². The molecule has 0 bridgehead atoms. The summed E-state index contributed by atoms with van der Waals surface area (Å²) in [5.74, 6) is 0.628. The summed E-state index contributed by atoms with van der Waals surface area (Å²) in [6.07, 6.45) is 0. The van der Waals surface area contributed by atoms with Crippen LogP contribution in [0.5, 0.6) is 0 Å². The van der Waals surface area contributed by atoms with E-state index in [-0.39, 0.29) is 24.6 Å².